The molecular weight excluding hydrogens is 260 g/mol. The van der Waals surface area contributed by atoms with Crippen LogP contribution in [0.1, 0.15) is 23.6 Å². The first-order valence-electron chi connectivity index (χ1n) is 6.30. The first-order valence-corrected chi connectivity index (χ1v) is 7.18. The number of imidazole rings is 1. The lowest BCUT2D eigenvalue weighted by atomic mass is 10.3. The number of aromatic nitrogens is 5. The molecule has 7 heteroatoms. The smallest absolute Gasteiger partial charge is 0.194 e. The predicted molar refractivity (Wildman–Crippen MR) is 74.2 cm³/mol. The van der Waals surface area contributed by atoms with Crippen LogP contribution in [0.4, 0.5) is 0 Å². The number of hydrogen-bond acceptors (Lipinski definition) is 5. The van der Waals surface area contributed by atoms with Crippen LogP contribution in [-0.4, -0.2) is 31.1 Å². The lowest BCUT2D eigenvalue weighted by molar-refractivity contribution is 0.628. The Kier molecular flexibility index (Phi) is 3.56. The topological polar surface area (TPSA) is 70.9 Å². The molecule has 3 rings (SSSR count). The van der Waals surface area contributed by atoms with Crippen LogP contribution in [0.2, 0.25) is 0 Å². The summed E-state index contributed by atoms with van der Waals surface area (Å²) in [6, 6.07) is 0. The van der Waals surface area contributed by atoms with Crippen molar-refractivity contribution in [2.45, 2.75) is 26.3 Å². The number of nitrogens with zero attached hydrogens (tertiary/aromatic N) is 4. The number of aromatic amines is 1. The van der Waals surface area contributed by atoms with E-state index in [2.05, 4.69) is 48.4 Å². The van der Waals surface area contributed by atoms with Gasteiger partial charge in [-0.05, 0) is 19.9 Å². The van der Waals surface area contributed by atoms with E-state index in [4.69, 9.17) is 0 Å². The molecule has 100 valence electrons. The van der Waals surface area contributed by atoms with Crippen molar-refractivity contribution < 1.29 is 0 Å². The number of hydrogen-bond donors (Lipinski definition) is 2. The average molecular weight is 276 g/mol. The number of thiazole rings is 1. The highest BCUT2D eigenvalue weighted by Crippen LogP contribution is 2.16. The molecule has 0 atom stereocenters. The standard InChI is InChI=1S/C12H16N6S/c1-9-10(18-5-6-19-12(18)16-9)7-13-4-2-3-11-14-8-15-17-11/h5-6,8,13H,2-4,7H2,1H3,(H,14,15,17). The number of fused-ring (bicyclic) bond motifs is 1. The van der Waals surface area contributed by atoms with Crippen molar-refractivity contribution in [2.24, 2.45) is 0 Å². The van der Waals surface area contributed by atoms with E-state index >= 15 is 0 Å². The zero-order chi connectivity index (χ0) is 13.1. The first-order chi connectivity index (χ1) is 9.34. The van der Waals surface area contributed by atoms with Crippen molar-refractivity contribution in [3.8, 4) is 0 Å². The number of rotatable bonds is 6. The number of H-pyrrole nitrogens is 1. The van der Waals surface area contributed by atoms with Crippen LogP contribution >= 0.6 is 11.3 Å². The highest BCUT2D eigenvalue weighted by atomic mass is 32.1. The Bertz CT molecular complexity index is 638. The molecule has 0 spiro atoms. The van der Waals surface area contributed by atoms with Crippen LogP contribution in [0.25, 0.3) is 4.96 Å². The minimum absolute atomic E-state index is 0.847. The van der Waals surface area contributed by atoms with E-state index < -0.39 is 0 Å². The SMILES string of the molecule is Cc1nc2sccn2c1CNCCCc1ncn[nH]1. The molecule has 6 nitrogen and oxygen atoms in total. The highest BCUT2D eigenvalue weighted by molar-refractivity contribution is 7.15. The third-order valence-electron chi connectivity index (χ3n) is 3.09. The molecule has 0 bridgehead atoms. The molecule has 0 radical (unpaired) electrons. The summed E-state index contributed by atoms with van der Waals surface area (Å²) in [4.78, 5) is 9.70. The van der Waals surface area contributed by atoms with E-state index in [0.717, 1.165) is 42.4 Å². The van der Waals surface area contributed by atoms with Gasteiger partial charge in [0.05, 0.1) is 11.4 Å². The van der Waals surface area contributed by atoms with Gasteiger partial charge in [0.1, 0.15) is 12.2 Å². The summed E-state index contributed by atoms with van der Waals surface area (Å²) in [6.45, 7) is 3.86. The van der Waals surface area contributed by atoms with Crippen molar-refractivity contribution in [3.63, 3.8) is 0 Å². The molecule has 0 amide bonds. The van der Waals surface area contributed by atoms with Crippen LogP contribution in [0.5, 0.6) is 0 Å². The Morgan fingerprint density at radius 2 is 2.42 bits per heavy atom. The van der Waals surface area contributed by atoms with E-state index in [1.54, 1.807) is 17.7 Å². The second-order valence-electron chi connectivity index (χ2n) is 4.41. The second kappa shape index (κ2) is 5.50. The van der Waals surface area contributed by atoms with E-state index in [0.29, 0.717) is 0 Å². The van der Waals surface area contributed by atoms with E-state index in [1.165, 1.54) is 5.69 Å². The molecule has 0 saturated heterocycles. The van der Waals surface area contributed by atoms with Gasteiger partial charge >= 0.3 is 0 Å². The lowest BCUT2D eigenvalue weighted by Crippen LogP contribution is -2.17. The summed E-state index contributed by atoms with van der Waals surface area (Å²) < 4.78 is 2.16. The lowest BCUT2D eigenvalue weighted by Gasteiger charge is -2.04. The van der Waals surface area contributed by atoms with Gasteiger partial charge in [0.15, 0.2) is 4.96 Å². The molecule has 2 N–H and O–H groups in total. The maximum Gasteiger partial charge on any atom is 0.194 e. The molecule has 0 aliphatic heterocycles. The molecule has 0 aromatic carbocycles. The van der Waals surface area contributed by atoms with Gasteiger partial charge in [-0.2, -0.15) is 5.10 Å². The Morgan fingerprint density at radius 1 is 1.47 bits per heavy atom. The fourth-order valence-electron chi connectivity index (χ4n) is 2.09. The van der Waals surface area contributed by atoms with Crippen LogP contribution in [0.3, 0.4) is 0 Å². The maximum atomic E-state index is 4.53. The Morgan fingerprint density at radius 3 is 3.26 bits per heavy atom. The van der Waals surface area contributed by atoms with Gasteiger partial charge in [-0.3, -0.25) is 9.50 Å². The number of nitrogens with one attached hydrogen (secondary N) is 2. The average Bonchev–Trinajstić information content (AvgIpc) is 3.08. The molecule has 0 saturated carbocycles. The largest absolute Gasteiger partial charge is 0.311 e. The summed E-state index contributed by atoms with van der Waals surface area (Å²) in [5, 5.41) is 12.2. The van der Waals surface area contributed by atoms with Gasteiger partial charge in [0.2, 0.25) is 0 Å². The molecule has 0 fully saturated rings. The van der Waals surface area contributed by atoms with Crippen LogP contribution in [0.15, 0.2) is 17.9 Å². The van der Waals surface area contributed by atoms with Crippen molar-refractivity contribution in [1.82, 2.24) is 29.9 Å². The fourth-order valence-corrected chi connectivity index (χ4v) is 2.87. The fraction of sp³-hybridized carbons (Fsp3) is 0.417. The van der Waals surface area contributed by atoms with Crippen molar-refractivity contribution >= 4 is 16.3 Å². The van der Waals surface area contributed by atoms with Crippen molar-refractivity contribution in [2.75, 3.05) is 6.54 Å². The quantitative estimate of drug-likeness (QED) is 0.670. The van der Waals surface area contributed by atoms with Crippen LogP contribution < -0.4 is 5.32 Å². The van der Waals surface area contributed by atoms with Crippen molar-refractivity contribution in [3.05, 3.63) is 35.1 Å². The van der Waals surface area contributed by atoms with E-state index in [1.807, 2.05) is 0 Å². The normalized spacial score (nSPS) is 11.4. The molecule has 0 aliphatic carbocycles. The third-order valence-corrected chi connectivity index (χ3v) is 3.84. The third kappa shape index (κ3) is 2.66. The van der Waals surface area contributed by atoms with Gasteiger partial charge in [-0.1, -0.05) is 0 Å². The van der Waals surface area contributed by atoms with Gasteiger partial charge in [-0.25, -0.2) is 9.97 Å². The summed E-state index contributed by atoms with van der Waals surface area (Å²) in [7, 11) is 0. The van der Waals surface area contributed by atoms with E-state index in [-0.39, 0.29) is 0 Å². The summed E-state index contributed by atoms with van der Waals surface area (Å²) >= 11 is 1.67. The first kappa shape index (κ1) is 12.3. The van der Waals surface area contributed by atoms with Gasteiger partial charge < -0.3 is 5.32 Å². The summed E-state index contributed by atoms with van der Waals surface area (Å²) in [5.41, 5.74) is 2.35. The Balaban J connectivity index is 1.49. The zero-order valence-corrected chi connectivity index (χ0v) is 11.6. The number of aryl methyl sites for hydroxylation is 2. The molecule has 0 unspecified atom stereocenters. The van der Waals surface area contributed by atoms with E-state index in [9.17, 15) is 0 Å². The maximum absolute atomic E-state index is 4.53. The second-order valence-corrected chi connectivity index (χ2v) is 5.29. The minimum Gasteiger partial charge on any atom is -0.311 e. The van der Waals surface area contributed by atoms with Crippen LogP contribution in [-0.2, 0) is 13.0 Å². The molecule has 3 aromatic rings. The summed E-state index contributed by atoms with van der Waals surface area (Å²) in [6.07, 6.45) is 5.59. The summed E-state index contributed by atoms with van der Waals surface area (Å²) in [5.74, 6) is 0.947. The molecular formula is C12H16N6S. The Hall–Kier alpha value is -1.73. The van der Waals surface area contributed by atoms with Crippen molar-refractivity contribution in [1.29, 1.82) is 0 Å². The van der Waals surface area contributed by atoms with Crippen LogP contribution in [0, 0.1) is 6.92 Å². The molecule has 0 aliphatic rings. The molecule has 19 heavy (non-hydrogen) atoms. The van der Waals surface area contributed by atoms with Gasteiger partial charge in [-0.15, -0.1) is 11.3 Å². The van der Waals surface area contributed by atoms with Gasteiger partial charge in [0, 0.05) is 24.5 Å². The molecule has 3 aromatic heterocycles. The highest BCUT2D eigenvalue weighted by Gasteiger charge is 2.08. The van der Waals surface area contributed by atoms with Gasteiger partial charge in [0.25, 0.3) is 0 Å². The Labute approximate surface area is 114 Å². The molecule has 3 heterocycles. The minimum atomic E-state index is 0.847. The predicted octanol–water partition coefficient (Wildman–Crippen LogP) is 1.54. The zero-order valence-electron chi connectivity index (χ0n) is 10.8. The monoisotopic (exact) mass is 276 g/mol.